The van der Waals surface area contributed by atoms with Crippen molar-refractivity contribution in [2.45, 2.75) is 6.18 Å². The molecule has 0 fully saturated rings. The molecule has 1 N–H and O–H groups in total. The molecule has 19 heavy (non-hydrogen) atoms. The minimum Gasteiger partial charge on any atom is -0.476 e. The maximum Gasteiger partial charge on any atom is 0.416 e. The van der Waals surface area contributed by atoms with Crippen LogP contribution in [0.15, 0.2) is 36.8 Å². The lowest BCUT2D eigenvalue weighted by atomic mass is 10.0. The second-order valence-electron chi connectivity index (χ2n) is 3.67. The summed E-state index contributed by atoms with van der Waals surface area (Å²) in [6.07, 6.45) is -2.29. The molecule has 1 heterocycles. The van der Waals surface area contributed by atoms with Crippen molar-refractivity contribution in [3.8, 4) is 11.1 Å². The maximum atomic E-state index is 12.6. The Morgan fingerprint density at radius 2 is 2.00 bits per heavy atom. The number of benzene rings is 1. The molecule has 1 aromatic heterocycles. The summed E-state index contributed by atoms with van der Waals surface area (Å²) in [4.78, 5) is 18.2. The monoisotopic (exact) mass is 268 g/mol. The van der Waals surface area contributed by atoms with Crippen LogP contribution in [0.2, 0.25) is 0 Å². The molecule has 0 saturated carbocycles. The predicted molar refractivity (Wildman–Crippen MR) is 59.4 cm³/mol. The van der Waals surface area contributed by atoms with E-state index in [4.69, 9.17) is 5.11 Å². The molecule has 2 aromatic rings. The van der Waals surface area contributed by atoms with Gasteiger partial charge in [-0.1, -0.05) is 12.1 Å². The summed E-state index contributed by atoms with van der Waals surface area (Å²) in [5.74, 6) is -1.32. The van der Waals surface area contributed by atoms with Gasteiger partial charge in [0.2, 0.25) is 0 Å². The van der Waals surface area contributed by atoms with Crippen LogP contribution in [-0.4, -0.2) is 21.0 Å². The molecule has 0 aliphatic heterocycles. The number of hydrogen-bond acceptors (Lipinski definition) is 3. The molecule has 0 bridgehead atoms. The average Bonchev–Trinajstić information content (AvgIpc) is 2.38. The minimum absolute atomic E-state index is 0.0427. The lowest BCUT2D eigenvalue weighted by Crippen LogP contribution is -2.06. The van der Waals surface area contributed by atoms with Crippen molar-refractivity contribution in [3.63, 3.8) is 0 Å². The standard InChI is InChI=1S/C12H7F3N2O2/c13-12(14,15)8-3-1-2-7(4-8)9-5-16-6-17-10(9)11(18)19/h1-6H,(H,18,19). The predicted octanol–water partition coefficient (Wildman–Crippen LogP) is 2.86. The first-order valence-electron chi connectivity index (χ1n) is 5.10. The van der Waals surface area contributed by atoms with E-state index in [2.05, 4.69) is 9.97 Å². The van der Waals surface area contributed by atoms with E-state index in [1.165, 1.54) is 18.3 Å². The molecule has 0 saturated heterocycles. The Bertz CT molecular complexity index is 626. The lowest BCUT2D eigenvalue weighted by Gasteiger charge is -2.09. The van der Waals surface area contributed by atoms with Crippen LogP contribution in [0.3, 0.4) is 0 Å². The Balaban J connectivity index is 2.57. The summed E-state index contributed by atoms with van der Waals surface area (Å²) >= 11 is 0. The van der Waals surface area contributed by atoms with Crippen LogP contribution in [0, 0.1) is 0 Å². The number of hydrogen-bond donors (Lipinski definition) is 1. The number of aromatic nitrogens is 2. The number of aromatic carboxylic acids is 1. The Hall–Kier alpha value is -2.44. The van der Waals surface area contributed by atoms with E-state index in [-0.39, 0.29) is 16.8 Å². The Labute approximate surface area is 105 Å². The van der Waals surface area contributed by atoms with Crippen LogP contribution < -0.4 is 0 Å². The summed E-state index contributed by atoms with van der Waals surface area (Å²) < 4.78 is 37.8. The van der Waals surface area contributed by atoms with Crippen molar-refractivity contribution in [1.82, 2.24) is 9.97 Å². The molecule has 2 rings (SSSR count). The number of rotatable bonds is 2. The molecule has 0 aliphatic carbocycles. The van der Waals surface area contributed by atoms with Crippen molar-refractivity contribution in [1.29, 1.82) is 0 Å². The molecular formula is C12H7F3N2O2. The third-order valence-corrected chi connectivity index (χ3v) is 2.42. The normalized spacial score (nSPS) is 11.3. The van der Waals surface area contributed by atoms with Crippen LogP contribution in [0.1, 0.15) is 16.1 Å². The van der Waals surface area contributed by atoms with E-state index in [0.717, 1.165) is 18.5 Å². The zero-order chi connectivity index (χ0) is 14.0. The summed E-state index contributed by atoms with van der Waals surface area (Å²) in [5.41, 5.74) is -1.05. The Kier molecular flexibility index (Phi) is 3.20. The third-order valence-electron chi connectivity index (χ3n) is 2.42. The van der Waals surface area contributed by atoms with Gasteiger partial charge in [0.25, 0.3) is 0 Å². The van der Waals surface area contributed by atoms with E-state index in [0.29, 0.717) is 0 Å². The number of nitrogens with zero attached hydrogens (tertiary/aromatic N) is 2. The molecule has 98 valence electrons. The van der Waals surface area contributed by atoms with Gasteiger partial charge < -0.3 is 5.11 Å². The van der Waals surface area contributed by atoms with Crippen molar-refractivity contribution in [2.75, 3.05) is 0 Å². The maximum absolute atomic E-state index is 12.6. The SMILES string of the molecule is O=C(O)c1ncncc1-c1cccc(C(F)(F)F)c1. The smallest absolute Gasteiger partial charge is 0.416 e. The number of carbonyl (C=O) groups is 1. The van der Waals surface area contributed by atoms with Crippen LogP contribution in [0.25, 0.3) is 11.1 Å². The topological polar surface area (TPSA) is 63.1 Å². The summed E-state index contributed by atoms with van der Waals surface area (Å²) in [7, 11) is 0. The zero-order valence-electron chi connectivity index (χ0n) is 9.35. The number of alkyl halides is 3. The van der Waals surface area contributed by atoms with Gasteiger partial charge >= 0.3 is 12.1 Å². The summed E-state index contributed by atoms with van der Waals surface area (Å²) in [5, 5.41) is 8.94. The van der Waals surface area contributed by atoms with E-state index < -0.39 is 17.7 Å². The van der Waals surface area contributed by atoms with Gasteiger partial charge in [-0.15, -0.1) is 0 Å². The molecular weight excluding hydrogens is 261 g/mol. The van der Waals surface area contributed by atoms with Crippen molar-refractivity contribution in [3.05, 3.63) is 48.0 Å². The fraction of sp³-hybridized carbons (Fsp3) is 0.0833. The fourth-order valence-electron chi connectivity index (χ4n) is 1.57. The second-order valence-corrected chi connectivity index (χ2v) is 3.67. The van der Waals surface area contributed by atoms with Crippen LogP contribution in [0.4, 0.5) is 13.2 Å². The van der Waals surface area contributed by atoms with Gasteiger partial charge in [-0.25, -0.2) is 14.8 Å². The van der Waals surface area contributed by atoms with Crippen LogP contribution in [0.5, 0.6) is 0 Å². The Morgan fingerprint density at radius 1 is 1.26 bits per heavy atom. The highest BCUT2D eigenvalue weighted by atomic mass is 19.4. The van der Waals surface area contributed by atoms with Gasteiger partial charge in [0.15, 0.2) is 5.69 Å². The fourth-order valence-corrected chi connectivity index (χ4v) is 1.57. The van der Waals surface area contributed by atoms with Gasteiger partial charge in [-0.2, -0.15) is 13.2 Å². The third kappa shape index (κ3) is 2.70. The molecule has 0 amide bonds. The molecule has 0 atom stereocenters. The van der Waals surface area contributed by atoms with Gasteiger partial charge in [0.1, 0.15) is 6.33 Å². The van der Waals surface area contributed by atoms with Gasteiger partial charge in [0, 0.05) is 11.8 Å². The number of carboxylic acid groups (broad SMARTS) is 1. The highest BCUT2D eigenvalue weighted by Crippen LogP contribution is 2.32. The first kappa shape index (κ1) is 13.0. The van der Waals surface area contributed by atoms with Gasteiger partial charge in [-0.3, -0.25) is 0 Å². The van der Waals surface area contributed by atoms with Crippen molar-refractivity contribution >= 4 is 5.97 Å². The summed E-state index contributed by atoms with van der Waals surface area (Å²) in [6, 6.07) is 4.36. The largest absolute Gasteiger partial charge is 0.476 e. The average molecular weight is 268 g/mol. The zero-order valence-corrected chi connectivity index (χ0v) is 9.35. The van der Waals surface area contributed by atoms with Crippen molar-refractivity contribution in [2.24, 2.45) is 0 Å². The first-order chi connectivity index (χ1) is 8.89. The highest BCUT2D eigenvalue weighted by Gasteiger charge is 2.30. The number of halogens is 3. The quantitative estimate of drug-likeness (QED) is 0.909. The van der Waals surface area contributed by atoms with E-state index in [1.54, 1.807) is 0 Å². The van der Waals surface area contributed by atoms with Crippen LogP contribution >= 0.6 is 0 Å². The van der Waals surface area contributed by atoms with E-state index in [1.807, 2.05) is 0 Å². The van der Waals surface area contributed by atoms with E-state index in [9.17, 15) is 18.0 Å². The first-order valence-corrected chi connectivity index (χ1v) is 5.10. The molecule has 0 spiro atoms. The summed E-state index contributed by atoms with van der Waals surface area (Å²) in [6.45, 7) is 0. The Morgan fingerprint density at radius 3 is 2.63 bits per heavy atom. The van der Waals surface area contributed by atoms with E-state index >= 15 is 0 Å². The molecule has 0 radical (unpaired) electrons. The number of carboxylic acids is 1. The molecule has 4 nitrogen and oxygen atoms in total. The minimum atomic E-state index is -4.49. The second kappa shape index (κ2) is 4.68. The molecule has 7 heteroatoms. The van der Waals surface area contributed by atoms with Gasteiger partial charge in [0.05, 0.1) is 5.56 Å². The lowest BCUT2D eigenvalue weighted by molar-refractivity contribution is -0.137. The van der Waals surface area contributed by atoms with Crippen LogP contribution in [-0.2, 0) is 6.18 Å². The molecule has 0 unspecified atom stereocenters. The molecule has 0 aliphatic rings. The highest BCUT2D eigenvalue weighted by molar-refractivity contribution is 5.93. The molecule has 1 aromatic carbocycles. The van der Waals surface area contributed by atoms with Gasteiger partial charge in [-0.05, 0) is 17.7 Å². The van der Waals surface area contributed by atoms with Crippen molar-refractivity contribution < 1.29 is 23.1 Å².